The number of hydrogen-bond acceptors (Lipinski definition) is 2. The summed E-state index contributed by atoms with van der Waals surface area (Å²) < 4.78 is 5.71. The second-order valence-electron chi connectivity index (χ2n) is 4.65. The van der Waals surface area contributed by atoms with Crippen molar-refractivity contribution in [2.75, 3.05) is 13.2 Å². The molecule has 0 bridgehead atoms. The zero-order valence-corrected chi connectivity index (χ0v) is 10.9. The molecule has 0 unspecified atom stereocenters. The number of hydrogen-bond donors (Lipinski definition) is 1. The fourth-order valence-corrected chi connectivity index (χ4v) is 2.73. The molecule has 2 nitrogen and oxygen atoms in total. The van der Waals surface area contributed by atoms with Crippen LogP contribution in [0.15, 0.2) is 18.2 Å². The van der Waals surface area contributed by atoms with Crippen LogP contribution in [0.4, 0.5) is 0 Å². The van der Waals surface area contributed by atoms with Gasteiger partial charge < -0.3 is 10.5 Å². The van der Waals surface area contributed by atoms with Crippen molar-refractivity contribution in [1.29, 1.82) is 0 Å². The minimum absolute atomic E-state index is 0.548. The Kier molecular flexibility index (Phi) is 4.69. The van der Waals surface area contributed by atoms with E-state index in [4.69, 9.17) is 22.1 Å². The number of benzene rings is 1. The molecule has 1 saturated carbocycles. The molecule has 1 aliphatic rings. The first-order valence-corrected chi connectivity index (χ1v) is 6.81. The van der Waals surface area contributed by atoms with Crippen LogP contribution in [0.3, 0.4) is 0 Å². The third kappa shape index (κ3) is 3.36. The van der Waals surface area contributed by atoms with E-state index in [2.05, 4.69) is 6.07 Å². The molecule has 94 valence electrons. The molecule has 1 aromatic rings. The predicted octanol–water partition coefficient (Wildman–Crippen LogP) is 3.73. The van der Waals surface area contributed by atoms with Gasteiger partial charge in [-0.2, -0.15) is 0 Å². The van der Waals surface area contributed by atoms with E-state index in [1.54, 1.807) is 0 Å². The van der Waals surface area contributed by atoms with Crippen molar-refractivity contribution in [3.05, 3.63) is 28.8 Å². The molecule has 0 aromatic heterocycles. The van der Waals surface area contributed by atoms with Crippen LogP contribution in [0.1, 0.15) is 43.6 Å². The Bertz CT molecular complexity index is 361. The van der Waals surface area contributed by atoms with Gasteiger partial charge >= 0.3 is 0 Å². The second-order valence-corrected chi connectivity index (χ2v) is 5.09. The Morgan fingerprint density at radius 1 is 1.24 bits per heavy atom. The van der Waals surface area contributed by atoms with Gasteiger partial charge in [-0.25, -0.2) is 0 Å². The predicted molar refractivity (Wildman–Crippen MR) is 71.8 cm³/mol. The molecular weight excluding hydrogens is 234 g/mol. The number of ether oxygens (including phenoxy) is 1. The van der Waals surface area contributed by atoms with Crippen molar-refractivity contribution in [2.24, 2.45) is 5.73 Å². The molecular formula is C14H20ClNO. The molecule has 0 heterocycles. The lowest BCUT2D eigenvalue weighted by atomic mass is 9.84. The molecule has 0 spiro atoms. The van der Waals surface area contributed by atoms with Gasteiger partial charge in [-0.3, -0.25) is 0 Å². The number of nitrogens with two attached hydrogens (primary N) is 1. The minimum Gasteiger partial charge on any atom is -0.492 e. The highest BCUT2D eigenvalue weighted by molar-refractivity contribution is 6.30. The van der Waals surface area contributed by atoms with Crippen molar-refractivity contribution in [1.82, 2.24) is 0 Å². The van der Waals surface area contributed by atoms with Crippen LogP contribution in [0.25, 0.3) is 0 Å². The highest BCUT2D eigenvalue weighted by Gasteiger charge is 2.19. The van der Waals surface area contributed by atoms with Crippen LogP contribution in [-0.4, -0.2) is 13.2 Å². The van der Waals surface area contributed by atoms with Crippen LogP contribution in [-0.2, 0) is 0 Å². The summed E-state index contributed by atoms with van der Waals surface area (Å²) in [7, 11) is 0. The topological polar surface area (TPSA) is 35.2 Å². The normalized spacial score (nSPS) is 17.1. The largest absolute Gasteiger partial charge is 0.492 e. The smallest absolute Gasteiger partial charge is 0.122 e. The summed E-state index contributed by atoms with van der Waals surface area (Å²) in [5.74, 6) is 1.57. The van der Waals surface area contributed by atoms with Crippen molar-refractivity contribution in [2.45, 2.75) is 38.0 Å². The summed E-state index contributed by atoms with van der Waals surface area (Å²) in [5, 5.41) is 0.797. The molecule has 0 aliphatic heterocycles. The van der Waals surface area contributed by atoms with Gasteiger partial charge in [0.25, 0.3) is 0 Å². The van der Waals surface area contributed by atoms with E-state index in [9.17, 15) is 0 Å². The van der Waals surface area contributed by atoms with Gasteiger partial charge in [0.2, 0.25) is 0 Å². The Morgan fingerprint density at radius 2 is 2.00 bits per heavy atom. The molecule has 0 saturated heterocycles. The third-order valence-corrected chi connectivity index (χ3v) is 3.63. The summed E-state index contributed by atoms with van der Waals surface area (Å²) in [6.07, 6.45) is 6.48. The van der Waals surface area contributed by atoms with Gasteiger partial charge in [-0.1, -0.05) is 30.9 Å². The van der Waals surface area contributed by atoms with Gasteiger partial charge in [0.15, 0.2) is 0 Å². The van der Waals surface area contributed by atoms with E-state index in [1.807, 2.05) is 12.1 Å². The van der Waals surface area contributed by atoms with Crippen LogP contribution in [0.5, 0.6) is 5.75 Å². The fourth-order valence-electron chi connectivity index (χ4n) is 2.55. The Balaban J connectivity index is 2.19. The van der Waals surface area contributed by atoms with E-state index >= 15 is 0 Å². The highest BCUT2D eigenvalue weighted by Crippen LogP contribution is 2.38. The van der Waals surface area contributed by atoms with E-state index in [0.717, 1.165) is 10.8 Å². The molecule has 1 fully saturated rings. The lowest BCUT2D eigenvalue weighted by molar-refractivity contribution is 0.318. The van der Waals surface area contributed by atoms with Crippen molar-refractivity contribution in [3.8, 4) is 5.75 Å². The quantitative estimate of drug-likeness (QED) is 0.888. The Hall–Kier alpha value is -0.730. The third-order valence-electron chi connectivity index (χ3n) is 3.39. The van der Waals surface area contributed by atoms with E-state index < -0.39 is 0 Å². The maximum atomic E-state index is 6.09. The summed E-state index contributed by atoms with van der Waals surface area (Å²) in [6, 6.07) is 5.92. The zero-order valence-electron chi connectivity index (χ0n) is 10.1. The van der Waals surface area contributed by atoms with Gasteiger partial charge in [0.1, 0.15) is 12.4 Å². The summed E-state index contributed by atoms with van der Waals surface area (Å²) in [4.78, 5) is 0. The number of halogens is 1. The molecule has 2 rings (SSSR count). The molecule has 0 atom stereocenters. The van der Waals surface area contributed by atoms with Gasteiger partial charge in [0, 0.05) is 11.6 Å². The first kappa shape index (κ1) is 12.7. The maximum Gasteiger partial charge on any atom is 0.122 e. The highest BCUT2D eigenvalue weighted by atomic mass is 35.5. The molecule has 0 radical (unpaired) electrons. The van der Waals surface area contributed by atoms with Gasteiger partial charge in [0.05, 0.1) is 0 Å². The lowest BCUT2D eigenvalue weighted by Crippen LogP contribution is -2.13. The van der Waals surface area contributed by atoms with Crippen LogP contribution in [0, 0.1) is 0 Å². The molecule has 17 heavy (non-hydrogen) atoms. The summed E-state index contributed by atoms with van der Waals surface area (Å²) >= 11 is 6.09. The van der Waals surface area contributed by atoms with Crippen LogP contribution >= 0.6 is 11.6 Å². The maximum absolute atomic E-state index is 6.09. The summed E-state index contributed by atoms with van der Waals surface area (Å²) in [6.45, 7) is 1.12. The van der Waals surface area contributed by atoms with Crippen LogP contribution < -0.4 is 10.5 Å². The van der Waals surface area contributed by atoms with Crippen LogP contribution in [0.2, 0.25) is 5.02 Å². The monoisotopic (exact) mass is 253 g/mol. The molecule has 0 amide bonds. The average molecular weight is 254 g/mol. The first-order valence-electron chi connectivity index (χ1n) is 6.43. The minimum atomic E-state index is 0.548. The van der Waals surface area contributed by atoms with E-state index in [1.165, 1.54) is 37.7 Å². The second kappa shape index (κ2) is 6.27. The van der Waals surface area contributed by atoms with Crippen molar-refractivity contribution in [3.63, 3.8) is 0 Å². The lowest BCUT2D eigenvalue weighted by Gasteiger charge is -2.24. The van der Waals surface area contributed by atoms with Crippen molar-refractivity contribution >= 4 is 11.6 Å². The van der Waals surface area contributed by atoms with E-state index in [0.29, 0.717) is 19.1 Å². The van der Waals surface area contributed by atoms with Gasteiger partial charge in [-0.15, -0.1) is 0 Å². The zero-order chi connectivity index (χ0) is 12.1. The molecule has 1 aromatic carbocycles. The molecule has 1 aliphatic carbocycles. The molecule has 3 heteroatoms. The first-order chi connectivity index (χ1) is 8.31. The van der Waals surface area contributed by atoms with Crippen molar-refractivity contribution < 1.29 is 4.74 Å². The Morgan fingerprint density at radius 3 is 2.71 bits per heavy atom. The average Bonchev–Trinajstić information content (AvgIpc) is 2.38. The van der Waals surface area contributed by atoms with Gasteiger partial charge in [-0.05, 0) is 42.5 Å². The SMILES string of the molecule is NCCOc1ccc(Cl)cc1C1CCCCC1. The molecule has 2 N–H and O–H groups in total. The van der Waals surface area contributed by atoms with E-state index in [-0.39, 0.29) is 0 Å². The standard InChI is InChI=1S/C14H20ClNO/c15-12-6-7-14(17-9-8-16)13(10-12)11-4-2-1-3-5-11/h6-7,10-11H,1-5,8-9,16H2. The Labute approximate surface area is 108 Å². The fraction of sp³-hybridized carbons (Fsp3) is 0.571. The number of rotatable bonds is 4. The summed E-state index contributed by atoms with van der Waals surface area (Å²) in [5.41, 5.74) is 6.75.